The molecule has 0 saturated carbocycles. The molecule has 0 aliphatic carbocycles. The van der Waals surface area contributed by atoms with Crippen LogP contribution >= 0.6 is 0 Å². The highest BCUT2D eigenvalue weighted by molar-refractivity contribution is 5.76. The van der Waals surface area contributed by atoms with Crippen LogP contribution in [0.4, 0.5) is 4.79 Å². The van der Waals surface area contributed by atoms with Crippen molar-refractivity contribution in [3.05, 3.63) is 0 Å². The third-order valence-corrected chi connectivity index (χ3v) is 3.17. The van der Waals surface area contributed by atoms with E-state index in [0.717, 1.165) is 12.8 Å². The van der Waals surface area contributed by atoms with Gasteiger partial charge in [0.05, 0.1) is 6.42 Å². The SMILES string of the molecule is CC(C)(C)CC(CC(=O)O)NC(=O)NC1CCOCC1. The van der Waals surface area contributed by atoms with E-state index in [1.165, 1.54) is 0 Å². The molecule has 116 valence electrons. The molecule has 1 fully saturated rings. The fourth-order valence-electron chi connectivity index (χ4n) is 2.38. The van der Waals surface area contributed by atoms with E-state index in [1.54, 1.807) is 0 Å². The molecule has 0 aromatic heterocycles. The van der Waals surface area contributed by atoms with Gasteiger partial charge in [-0.15, -0.1) is 0 Å². The number of carboxylic acid groups (broad SMARTS) is 1. The lowest BCUT2D eigenvalue weighted by Crippen LogP contribution is -2.49. The van der Waals surface area contributed by atoms with Crippen molar-refractivity contribution >= 4 is 12.0 Å². The summed E-state index contributed by atoms with van der Waals surface area (Å²) in [6.45, 7) is 7.40. The molecule has 1 saturated heterocycles. The molecule has 6 heteroatoms. The summed E-state index contributed by atoms with van der Waals surface area (Å²) in [6.07, 6.45) is 2.17. The van der Waals surface area contributed by atoms with E-state index < -0.39 is 5.97 Å². The van der Waals surface area contributed by atoms with Crippen LogP contribution in [-0.4, -0.2) is 42.4 Å². The van der Waals surface area contributed by atoms with Crippen molar-refractivity contribution in [1.82, 2.24) is 10.6 Å². The highest BCUT2D eigenvalue weighted by Crippen LogP contribution is 2.22. The Kier molecular flexibility index (Phi) is 6.26. The second kappa shape index (κ2) is 7.47. The summed E-state index contributed by atoms with van der Waals surface area (Å²) < 4.78 is 5.23. The first-order chi connectivity index (χ1) is 9.26. The minimum Gasteiger partial charge on any atom is -0.481 e. The van der Waals surface area contributed by atoms with Crippen molar-refractivity contribution in [2.45, 2.75) is 58.5 Å². The third kappa shape index (κ3) is 7.33. The Bertz CT molecular complexity index is 333. The van der Waals surface area contributed by atoms with E-state index in [0.29, 0.717) is 19.6 Å². The quantitative estimate of drug-likeness (QED) is 0.718. The molecule has 0 bridgehead atoms. The fourth-order valence-corrected chi connectivity index (χ4v) is 2.38. The van der Waals surface area contributed by atoms with Crippen LogP contribution in [0.5, 0.6) is 0 Å². The number of carbonyl (C=O) groups is 2. The van der Waals surface area contributed by atoms with E-state index in [9.17, 15) is 9.59 Å². The number of hydrogen-bond donors (Lipinski definition) is 3. The molecule has 1 unspecified atom stereocenters. The number of aliphatic carboxylic acids is 1. The largest absolute Gasteiger partial charge is 0.481 e. The molecule has 1 heterocycles. The average molecular weight is 286 g/mol. The summed E-state index contributed by atoms with van der Waals surface area (Å²) >= 11 is 0. The topological polar surface area (TPSA) is 87.7 Å². The standard InChI is InChI=1S/C14H26N2O4/c1-14(2,3)9-11(8-12(17)18)16-13(19)15-10-4-6-20-7-5-10/h10-11H,4-9H2,1-3H3,(H,17,18)(H2,15,16,19). The van der Waals surface area contributed by atoms with Crippen molar-refractivity contribution < 1.29 is 19.4 Å². The number of carboxylic acids is 1. The fraction of sp³-hybridized carbons (Fsp3) is 0.857. The summed E-state index contributed by atoms with van der Waals surface area (Å²) in [7, 11) is 0. The summed E-state index contributed by atoms with van der Waals surface area (Å²) in [5.41, 5.74) is -0.0356. The molecular formula is C14H26N2O4. The van der Waals surface area contributed by atoms with Crippen molar-refractivity contribution in [3.63, 3.8) is 0 Å². The second-order valence-electron chi connectivity index (χ2n) is 6.56. The smallest absolute Gasteiger partial charge is 0.315 e. The lowest BCUT2D eigenvalue weighted by atomic mass is 9.87. The Morgan fingerprint density at radius 3 is 2.40 bits per heavy atom. The molecule has 1 aliphatic heterocycles. The number of rotatable bonds is 5. The van der Waals surface area contributed by atoms with Gasteiger partial charge in [-0.3, -0.25) is 4.79 Å². The Balaban J connectivity index is 2.45. The van der Waals surface area contributed by atoms with Gasteiger partial charge in [-0.05, 0) is 24.7 Å². The molecule has 1 rings (SSSR count). The van der Waals surface area contributed by atoms with Crippen LogP contribution < -0.4 is 10.6 Å². The van der Waals surface area contributed by atoms with Gasteiger partial charge in [-0.2, -0.15) is 0 Å². The molecule has 2 amide bonds. The Hall–Kier alpha value is -1.30. The van der Waals surface area contributed by atoms with Gasteiger partial charge in [0, 0.05) is 25.3 Å². The van der Waals surface area contributed by atoms with E-state index in [4.69, 9.17) is 9.84 Å². The van der Waals surface area contributed by atoms with Gasteiger partial charge >= 0.3 is 12.0 Å². The maximum absolute atomic E-state index is 11.9. The van der Waals surface area contributed by atoms with Gasteiger partial charge in [0.15, 0.2) is 0 Å². The van der Waals surface area contributed by atoms with Crippen LogP contribution in [-0.2, 0) is 9.53 Å². The first kappa shape index (κ1) is 16.8. The molecule has 1 aliphatic rings. The molecule has 0 spiro atoms. The highest BCUT2D eigenvalue weighted by Gasteiger charge is 2.24. The van der Waals surface area contributed by atoms with Crippen molar-refractivity contribution in [2.75, 3.05) is 13.2 Å². The number of ether oxygens (including phenoxy) is 1. The van der Waals surface area contributed by atoms with Gasteiger partial charge in [-0.1, -0.05) is 20.8 Å². The number of hydrogen-bond acceptors (Lipinski definition) is 3. The lowest BCUT2D eigenvalue weighted by molar-refractivity contribution is -0.137. The minimum absolute atomic E-state index is 0.0356. The molecule has 3 N–H and O–H groups in total. The van der Waals surface area contributed by atoms with Crippen molar-refractivity contribution in [3.8, 4) is 0 Å². The first-order valence-electron chi connectivity index (χ1n) is 7.13. The van der Waals surface area contributed by atoms with Crippen LogP contribution in [0, 0.1) is 5.41 Å². The zero-order valence-corrected chi connectivity index (χ0v) is 12.6. The average Bonchev–Trinajstić information content (AvgIpc) is 2.26. The van der Waals surface area contributed by atoms with E-state index in [2.05, 4.69) is 10.6 Å². The summed E-state index contributed by atoms with van der Waals surface area (Å²) in [4.78, 5) is 22.8. The normalized spacial score (nSPS) is 18.4. The van der Waals surface area contributed by atoms with Crippen LogP contribution in [0.3, 0.4) is 0 Å². The monoisotopic (exact) mass is 286 g/mol. The van der Waals surface area contributed by atoms with Crippen molar-refractivity contribution in [1.29, 1.82) is 0 Å². The molecule has 6 nitrogen and oxygen atoms in total. The first-order valence-corrected chi connectivity index (χ1v) is 7.13. The molecule has 20 heavy (non-hydrogen) atoms. The predicted octanol–water partition coefficient (Wildman–Crippen LogP) is 1.74. The van der Waals surface area contributed by atoms with Gasteiger partial charge in [0.25, 0.3) is 0 Å². The minimum atomic E-state index is -0.898. The highest BCUT2D eigenvalue weighted by atomic mass is 16.5. The summed E-state index contributed by atoms with van der Waals surface area (Å²) in [5, 5.41) is 14.6. The zero-order chi connectivity index (χ0) is 15.2. The molecule has 1 atom stereocenters. The van der Waals surface area contributed by atoms with Crippen LogP contribution in [0.1, 0.15) is 46.5 Å². The Labute approximate surface area is 120 Å². The lowest BCUT2D eigenvalue weighted by Gasteiger charge is -2.28. The van der Waals surface area contributed by atoms with Gasteiger partial charge in [0.1, 0.15) is 0 Å². The van der Waals surface area contributed by atoms with Crippen LogP contribution in [0.25, 0.3) is 0 Å². The van der Waals surface area contributed by atoms with E-state index in [-0.39, 0.29) is 30.0 Å². The number of nitrogens with one attached hydrogen (secondary N) is 2. The maximum atomic E-state index is 11.9. The number of carbonyl (C=O) groups excluding carboxylic acids is 1. The number of amides is 2. The molecule has 0 aromatic carbocycles. The summed E-state index contributed by atoms with van der Waals surface area (Å²) in [6, 6.07) is -0.524. The predicted molar refractivity (Wildman–Crippen MR) is 75.6 cm³/mol. The summed E-state index contributed by atoms with van der Waals surface area (Å²) in [5.74, 6) is -0.898. The maximum Gasteiger partial charge on any atom is 0.315 e. The van der Waals surface area contributed by atoms with Gasteiger partial charge in [0.2, 0.25) is 0 Å². The molecule has 0 radical (unpaired) electrons. The Morgan fingerprint density at radius 2 is 1.90 bits per heavy atom. The van der Waals surface area contributed by atoms with E-state index >= 15 is 0 Å². The second-order valence-corrected chi connectivity index (χ2v) is 6.56. The van der Waals surface area contributed by atoms with Gasteiger partial charge < -0.3 is 20.5 Å². The van der Waals surface area contributed by atoms with Gasteiger partial charge in [-0.25, -0.2) is 4.79 Å². The van der Waals surface area contributed by atoms with Crippen LogP contribution in [0.2, 0.25) is 0 Å². The zero-order valence-electron chi connectivity index (χ0n) is 12.6. The Morgan fingerprint density at radius 1 is 1.30 bits per heavy atom. The number of urea groups is 1. The molecule has 0 aromatic rings. The van der Waals surface area contributed by atoms with E-state index in [1.807, 2.05) is 20.8 Å². The third-order valence-electron chi connectivity index (χ3n) is 3.17. The van der Waals surface area contributed by atoms with Crippen molar-refractivity contribution in [2.24, 2.45) is 5.41 Å². The molecular weight excluding hydrogens is 260 g/mol. The van der Waals surface area contributed by atoms with Crippen LogP contribution in [0.15, 0.2) is 0 Å².